The van der Waals surface area contributed by atoms with Crippen LogP contribution in [0.2, 0.25) is 5.15 Å². The molecule has 0 aromatic carbocycles. The molecule has 1 aliphatic heterocycles. The summed E-state index contributed by atoms with van der Waals surface area (Å²) < 4.78 is 5.25. The molecule has 0 spiro atoms. The molecule has 2 heterocycles. The molecule has 1 aliphatic rings. The van der Waals surface area contributed by atoms with Crippen molar-refractivity contribution in [1.29, 1.82) is 0 Å². The second kappa shape index (κ2) is 6.87. The number of hydrogen-bond donors (Lipinski definition) is 1. The van der Waals surface area contributed by atoms with Gasteiger partial charge in [0.25, 0.3) is 5.91 Å². The van der Waals surface area contributed by atoms with Gasteiger partial charge in [-0.05, 0) is 18.6 Å². The number of carbonyl (C=O) groups excluding carboxylic acids is 1. The molecule has 2 rings (SSSR count). The molecule has 0 aliphatic carbocycles. The van der Waals surface area contributed by atoms with E-state index in [9.17, 15) is 14.7 Å². The van der Waals surface area contributed by atoms with Crippen molar-refractivity contribution >= 4 is 23.5 Å². The Morgan fingerprint density at radius 3 is 2.81 bits per heavy atom. The van der Waals surface area contributed by atoms with Crippen LogP contribution in [-0.2, 0) is 9.53 Å². The summed E-state index contributed by atoms with van der Waals surface area (Å²) >= 11 is 5.72. The van der Waals surface area contributed by atoms with Crippen molar-refractivity contribution in [3.63, 3.8) is 0 Å². The van der Waals surface area contributed by atoms with Gasteiger partial charge in [-0.1, -0.05) is 18.5 Å². The van der Waals surface area contributed by atoms with Crippen LogP contribution in [0.5, 0.6) is 0 Å². The number of hydrogen-bond acceptors (Lipinski definition) is 4. The van der Waals surface area contributed by atoms with Gasteiger partial charge in [-0.2, -0.15) is 0 Å². The topological polar surface area (TPSA) is 79.7 Å². The second-order valence-electron chi connectivity index (χ2n) is 4.92. The normalized spacial score (nSPS) is 21.2. The lowest BCUT2D eigenvalue weighted by atomic mass is 10.0. The molecule has 0 radical (unpaired) electrons. The number of carboxylic acid groups (broad SMARTS) is 1. The summed E-state index contributed by atoms with van der Waals surface area (Å²) in [6.45, 7) is 2.78. The molecule has 0 bridgehead atoms. The molecular formula is C14H17ClN2O4. The molecule has 1 saturated heterocycles. The van der Waals surface area contributed by atoms with Crippen LogP contribution in [-0.4, -0.2) is 52.7 Å². The first-order chi connectivity index (χ1) is 10.0. The molecule has 1 N–H and O–H groups in total. The van der Waals surface area contributed by atoms with Gasteiger partial charge in [-0.15, -0.1) is 0 Å². The largest absolute Gasteiger partial charge is 0.481 e. The Labute approximate surface area is 127 Å². The van der Waals surface area contributed by atoms with Gasteiger partial charge in [0.2, 0.25) is 0 Å². The number of halogens is 1. The number of carbonyl (C=O) groups is 2. The molecule has 114 valence electrons. The minimum absolute atomic E-state index is 0.131. The fourth-order valence-electron chi connectivity index (χ4n) is 2.41. The minimum Gasteiger partial charge on any atom is -0.481 e. The predicted octanol–water partition coefficient (Wildman–Crippen LogP) is 1.69. The SMILES string of the molecule is CCCN(C(=O)c1ccc(Cl)nc1)C1COCC1C(=O)O. The van der Waals surface area contributed by atoms with Crippen LogP contribution < -0.4 is 0 Å². The van der Waals surface area contributed by atoms with Crippen LogP contribution in [0.25, 0.3) is 0 Å². The highest BCUT2D eigenvalue weighted by Crippen LogP contribution is 2.22. The Morgan fingerprint density at radius 2 is 2.24 bits per heavy atom. The number of ether oxygens (including phenoxy) is 1. The molecule has 1 aromatic rings. The molecule has 2 atom stereocenters. The zero-order valence-electron chi connectivity index (χ0n) is 11.7. The van der Waals surface area contributed by atoms with Crippen molar-refractivity contribution in [3.8, 4) is 0 Å². The van der Waals surface area contributed by atoms with Crippen molar-refractivity contribution < 1.29 is 19.4 Å². The van der Waals surface area contributed by atoms with Crippen LogP contribution in [0.4, 0.5) is 0 Å². The molecular weight excluding hydrogens is 296 g/mol. The first-order valence-corrected chi connectivity index (χ1v) is 7.15. The summed E-state index contributed by atoms with van der Waals surface area (Å²) in [6.07, 6.45) is 2.13. The fraction of sp³-hybridized carbons (Fsp3) is 0.500. The van der Waals surface area contributed by atoms with Crippen LogP contribution in [0.15, 0.2) is 18.3 Å². The number of aliphatic carboxylic acids is 1. The molecule has 21 heavy (non-hydrogen) atoms. The van der Waals surface area contributed by atoms with Crippen LogP contribution in [0.3, 0.4) is 0 Å². The van der Waals surface area contributed by atoms with E-state index >= 15 is 0 Å². The highest BCUT2D eigenvalue weighted by molar-refractivity contribution is 6.29. The maximum Gasteiger partial charge on any atom is 0.311 e. The fourth-order valence-corrected chi connectivity index (χ4v) is 2.52. The van der Waals surface area contributed by atoms with Gasteiger partial charge in [0.1, 0.15) is 11.1 Å². The highest BCUT2D eigenvalue weighted by Gasteiger charge is 2.39. The van der Waals surface area contributed by atoms with Crippen LogP contribution in [0, 0.1) is 5.92 Å². The number of carboxylic acids is 1. The Morgan fingerprint density at radius 1 is 1.48 bits per heavy atom. The maximum atomic E-state index is 12.6. The summed E-state index contributed by atoms with van der Waals surface area (Å²) in [5.74, 6) is -1.89. The third-order valence-corrected chi connectivity index (χ3v) is 3.69. The molecule has 1 aromatic heterocycles. The number of aromatic nitrogens is 1. The quantitative estimate of drug-likeness (QED) is 0.837. The molecule has 0 saturated carbocycles. The number of nitrogens with zero attached hydrogens (tertiary/aromatic N) is 2. The van der Waals surface area contributed by atoms with Gasteiger partial charge >= 0.3 is 5.97 Å². The zero-order chi connectivity index (χ0) is 15.4. The van der Waals surface area contributed by atoms with Crippen molar-refractivity contribution in [3.05, 3.63) is 29.0 Å². The molecule has 7 heteroatoms. The minimum atomic E-state index is -0.944. The van der Waals surface area contributed by atoms with E-state index in [1.54, 1.807) is 17.0 Å². The standard InChI is InChI=1S/C14H17ClN2O4/c1-2-5-17(11-8-21-7-10(11)14(19)20)13(18)9-3-4-12(15)16-6-9/h3-4,6,10-11H,2,5,7-8H2,1H3,(H,19,20). The maximum absolute atomic E-state index is 12.6. The zero-order valence-corrected chi connectivity index (χ0v) is 12.4. The van der Waals surface area contributed by atoms with Crippen molar-refractivity contribution in [2.45, 2.75) is 19.4 Å². The summed E-state index contributed by atoms with van der Waals surface area (Å²) in [7, 11) is 0. The van der Waals surface area contributed by atoms with E-state index in [0.717, 1.165) is 6.42 Å². The van der Waals surface area contributed by atoms with Gasteiger partial charge in [0.05, 0.1) is 24.8 Å². The molecule has 1 amide bonds. The van der Waals surface area contributed by atoms with E-state index in [4.69, 9.17) is 16.3 Å². The van der Waals surface area contributed by atoms with Gasteiger partial charge in [-0.25, -0.2) is 4.98 Å². The predicted molar refractivity (Wildman–Crippen MR) is 76.3 cm³/mol. The second-order valence-corrected chi connectivity index (χ2v) is 5.30. The Bertz CT molecular complexity index is 520. The lowest BCUT2D eigenvalue weighted by molar-refractivity contribution is -0.142. The van der Waals surface area contributed by atoms with Crippen LogP contribution in [0.1, 0.15) is 23.7 Å². The summed E-state index contributed by atoms with van der Waals surface area (Å²) in [5, 5.41) is 9.55. The van der Waals surface area contributed by atoms with E-state index in [-0.39, 0.29) is 19.1 Å². The van der Waals surface area contributed by atoms with Crippen molar-refractivity contribution in [2.24, 2.45) is 5.92 Å². The Hall–Kier alpha value is -1.66. The Balaban J connectivity index is 2.23. The Kier molecular flexibility index (Phi) is 5.14. The highest BCUT2D eigenvalue weighted by atomic mass is 35.5. The monoisotopic (exact) mass is 312 g/mol. The van der Waals surface area contributed by atoms with Crippen molar-refractivity contribution in [2.75, 3.05) is 19.8 Å². The summed E-state index contributed by atoms with van der Waals surface area (Å²) in [4.78, 5) is 29.3. The lowest BCUT2D eigenvalue weighted by Crippen LogP contribution is -2.47. The molecule has 1 fully saturated rings. The van der Waals surface area contributed by atoms with Crippen molar-refractivity contribution in [1.82, 2.24) is 9.88 Å². The number of rotatable bonds is 5. The number of amides is 1. The summed E-state index contributed by atoms with van der Waals surface area (Å²) in [5.41, 5.74) is 0.392. The van der Waals surface area contributed by atoms with Crippen LogP contribution >= 0.6 is 11.6 Å². The molecule has 6 nitrogen and oxygen atoms in total. The van der Waals surface area contributed by atoms with Gasteiger partial charge in [0, 0.05) is 12.7 Å². The number of pyridine rings is 1. The van der Waals surface area contributed by atoms with E-state index in [1.807, 2.05) is 6.92 Å². The van der Waals surface area contributed by atoms with E-state index in [0.29, 0.717) is 17.3 Å². The first-order valence-electron chi connectivity index (χ1n) is 6.77. The average molecular weight is 313 g/mol. The van der Waals surface area contributed by atoms with E-state index in [1.165, 1.54) is 6.20 Å². The van der Waals surface area contributed by atoms with Gasteiger partial charge in [-0.3, -0.25) is 9.59 Å². The van der Waals surface area contributed by atoms with Gasteiger partial charge in [0.15, 0.2) is 0 Å². The first kappa shape index (κ1) is 15.7. The van der Waals surface area contributed by atoms with E-state index in [2.05, 4.69) is 4.98 Å². The lowest BCUT2D eigenvalue weighted by Gasteiger charge is -2.30. The summed E-state index contributed by atoms with van der Waals surface area (Å²) in [6, 6.07) is 2.68. The van der Waals surface area contributed by atoms with E-state index < -0.39 is 17.9 Å². The average Bonchev–Trinajstić information content (AvgIpc) is 2.94. The third-order valence-electron chi connectivity index (χ3n) is 3.47. The smallest absolute Gasteiger partial charge is 0.311 e. The van der Waals surface area contributed by atoms with Gasteiger partial charge < -0.3 is 14.7 Å². The molecule has 2 unspecified atom stereocenters. The third kappa shape index (κ3) is 3.51.